The van der Waals surface area contributed by atoms with Crippen LogP contribution in [0.5, 0.6) is 11.5 Å². The molecule has 3 aromatic rings. The van der Waals surface area contributed by atoms with Gasteiger partial charge in [-0.05, 0) is 41.3 Å². The summed E-state index contributed by atoms with van der Waals surface area (Å²) in [5.41, 5.74) is 0.716. The fourth-order valence-corrected chi connectivity index (χ4v) is 5.22. The zero-order valence-corrected chi connectivity index (χ0v) is 19.7. The summed E-state index contributed by atoms with van der Waals surface area (Å²) in [6, 6.07) is 19.8. The van der Waals surface area contributed by atoms with Crippen molar-refractivity contribution in [2.75, 3.05) is 0 Å². The molecule has 1 amide bonds. The van der Waals surface area contributed by atoms with E-state index in [0.29, 0.717) is 17.1 Å². The molecule has 4 rings (SSSR count). The Morgan fingerprint density at radius 1 is 0.694 bits per heavy atom. The first-order chi connectivity index (χ1) is 17.3. The first-order valence-electron chi connectivity index (χ1n) is 11.1. The smallest absolute Gasteiger partial charge is 0.308 e. The number of carbonyl (C=O) groups is 4. The number of ether oxygens (including phenoxy) is 1. The number of amides is 1. The van der Waals surface area contributed by atoms with Gasteiger partial charge in [-0.25, -0.2) is 0 Å². The van der Waals surface area contributed by atoms with Crippen LogP contribution in [0.25, 0.3) is 0 Å². The molecule has 0 bridgehead atoms. The maximum Gasteiger partial charge on any atom is 0.308 e. The lowest BCUT2D eigenvalue weighted by atomic mass is 9.56. The van der Waals surface area contributed by atoms with E-state index >= 15 is 0 Å². The van der Waals surface area contributed by atoms with Crippen molar-refractivity contribution in [3.63, 3.8) is 0 Å². The Labute approximate surface area is 210 Å². The normalized spacial score (nSPS) is 20.7. The van der Waals surface area contributed by atoms with Crippen molar-refractivity contribution in [2.24, 2.45) is 23.7 Å². The predicted octanol–water partition coefficient (Wildman–Crippen LogP) is 3.80. The predicted molar refractivity (Wildman–Crippen MR) is 128 cm³/mol. The molecule has 10 heteroatoms. The molecule has 2 atom stereocenters. The summed E-state index contributed by atoms with van der Waals surface area (Å²) in [5.74, 6) is -10.4. The summed E-state index contributed by atoms with van der Waals surface area (Å²) < 4.78 is 5.79. The number of para-hydroxylation sites is 1. The van der Waals surface area contributed by atoms with Gasteiger partial charge in [-0.15, -0.1) is 11.3 Å². The zero-order chi connectivity index (χ0) is 25.8. The van der Waals surface area contributed by atoms with Crippen molar-refractivity contribution in [2.45, 2.75) is 13.1 Å². The molecule has 9 nitrogen and oxygen atoms in total. The van der Waals surface area contributed by atoms with E-state index in [1.54, 1.807) is 24.3 Å². The average molecular weight is 510 g/mol. The van der Waals surface area contributed by atoms with Gasteiger partial charge in [0.25, 0.3) is 0 Å². The fourth-order valence-electron chi connectivity index (χ4n) is 4.50. The van der Waals surface area contributed by atoms with Crippen LogP contribution in [0.1, 0.15) is 10.4 Å². The lowest BCUT2D eigenvalue weighted by Gasteiger charge is -2.45. The maximum atomic E-state index is 13.5. The van der Waals surface area contributed by atoms with E-state index in [1.807, 2.05) is 47.8 Å². The highest BCUT2D eigenvalue weighted by molar-refractivity contribution is 7.09. The summed E-state index contributed by atoms with van der Waals surface area (Å²) in [7, 11) is 0. The Morgan fingerprint density at radius 2 is 1.25 bits per heavy atom. The van der Waals surface area contributed by atoms with Crippen molar-refractivity contribution in [1.82, 2.24) is 4.90 Å². The van der Waals surface area contributed by atoms with Crippen LogP contribution in [-0.4, -0.2) is 44.0 Å². The third kappa shape index (κ3) is 5.23. The van der Waals surface area contributed by atoms with Crippen LogP contribution in [0, 0.1) is 23.7 Å². The molecule has 1 heterocycles. The minimum absolute atomic E-state index is 0.0786. The van der Waals surface area contributed by atoms with E-state index < -0.39 is 47.5 Å². The summed E-state index contributed by atoms with van der Waals surface area (Å²) >= 11 is 1.40. The van der Waals surface area contributed by atoms with Gasteiger partial charge >= 0.3 is 17.9 Å². The molecule has 3 N–H and O–H groups in total. The van der Waals surface area contributed by atoms with E-state index in [2.05, 4.69) is 0 Å². The standard InChI is InChI=1S/C26H23NO8S/c28-23(19-20(24(29)30)22(26(33)34)21(19)25(31)32)27(14-18-7-4-12-36-18)13-15-8-10-17(11-9-15)35-16-5-2-1-3-6-16/h1-12,19-22H,13-14H2,(H,29,30)(H,31,32)(H,33,34)/t19-,20-,21-,22-/m0/s1. The first kappa shape index (κ1) is 24.9. The molecular weight excluding hydrogens is 486 g/mol. The van der Waals surface area contributed by atoms with Gasteiger partial charge in [0.15, 0.2) is 0 Å². The Bertz CT molecular complexity index is 1220. The van der Waals surface area contributed by atoms with Gasteiger partial charge in [-0.3, -0.25) is 19.2 Å². The number of carboxylic acids is 3. The molecule has 1 aliphatic rings. The minimum atomic E-state index is -1.67. The monoisotopic (exact) mass is 509 g/mol. The lowest BCUT2D eigenvalue weighted by molar-refractivity contribution is -0.190. The van der Waals surface area contributed by atoms with Crippen LogP contribution in [0.4, 0.5) is 0 Å². The van der Waals surface area contributed by atoms with E-state index in [0.717, 1.165) is 4.88 Å². The van der Waals surface area contributed by atoms with Crippen molar-refractivity contribution < 1.29 is 39.2 Å². The van der Waals surface area contributed by atoms with Crippen molar-refractivity contribution in [3.05, 3.63) is 82.6 Å². The van der Waals surface area contributed by atoms with Crippen LogP contribution in [0.3, 0.4) is 0 Å². The van der Waals surface area contributed by atoms with Gasteiger partial charge < -0.3 is 25.0 Å². The highest BCUT2D eigenvalue weighted by atomic mass is 32.1. The molecule has 1 fully saturated rings. The molecule has 1 aliphatic carbocycles. The molecule has 0 saturated heterocycles. The van der Waals surface area contributed by atoms with Crippen LogP contribution < -0.4 is 4.74 Å². The molecule has 36 heavy (non-hydrogen) atoms. The molecule has 186 valence electrons. The number of benzene rings is 2. The third-order valence-corrected chi connectivity index (χ3v) is 7.06. The number of nitrogens with zero attached hydrogens (tertiary/aromatic N) is 1. The number of thiophene rings is 1. The van der Waals surface area contributed by atoms with Gasteiger partial charge in [0, 0.05) is 11.4 Å². The van der Waals surface area contributed by atoms with Crippen LogP contribution >= 0.6 is 11.3 Å². The maximum absolute atomic E-state index is 13.5. The van der Waals surface area contributed by atoms with E-state index in [9.17, 15) is 34.5 Å². The number of rotatable bonds is 10. The molecule has 0 unspecified atom stereocenters. The third-order valence-electron chi connectivity index (χ3n) is 6.20. The van der Waals surface area contributed by atoms with Gasteiger partial charge in [0.2, 0.25) is 5.91 Å². The SMILES string of the molecule is O=C(O)[C@@H]1[C@H](C(=O)O)[C@@H](C(=O)O)[C@H]1C(=O)N(Cc1ccc(Oc2ccccc2)cc1)Cc1cccs1. The Balaban J connectivity index is 1.57. The van der Waals surface area contributed by atoms with Gasteiger partial charge in [-0.1, -0.05) is 36.4 Å². The number of aliphatic carboxylic acids is 3. The summed E-state index contributed by atoms with van der Waals surface area (Å²) in [6.45, 7) is 0.209. The van der Waals surface area contributed by atoms with E-state index in [4.69, 9.17) is 4.74 Å². The fraction of sp³-hybridized carbons (Fsp3) is 0.231. The highest BCUT2D eigenvalue weighted by Crippen LogP contribution is 2.48. The van der Waals surface area contributed by atoms with Crippen LogP contribution in [-0.2, 0) is 32.3 Å². The molecule has 0 spiro atoms. The molecule has 2 aromatic carbocycles. The molecule has 0 radical (unpaired) electrons. The molecular formula is C26H23NO8S. The minimum Gasteiger partial charge on any atom is -0.481 e. The number of carbonyl (C=O) groups excluding carboxylic acids is 1. The first-order valence-corrected chi connectivity index (χ1v) is 12.0. The topological polar surface area (TPSA) is 141 Å². The van der Waals surface area contributed by atoms with E-state index in [-0.39, 0.29) is 13.1 Å². The summed E-state index contributed by atoms with van der Waals surface area (Å²) in [6.07, 6.45) is 0. The van der Waals surface area contributed by atoms with Crippen LogP contribution in [0.15, 0.2) is 72.1 Å². The second-order valence-electron chi connectivity index (χ2n) is 8.45. The number of carboxylic acid groups (broad SMARTS) is 3. The van der Waals surface area contributed by atoms with Gasteiger partial charge in [0.1, 0.15) is 11.5 Å². The summed E-state index contributed by atoms with van der Waals surface area (Å²) in [4.78, 5) is 51.0. The molecule has 0 aliphatic heterocycles. The van der Waals surface area contributed by atoms with Gasteiger partial charge in [0.05, 0.1) is 30.2 Å². The largest absolute Gasteiger partial charge is 0.481 e. The van der Waals surface area contributed by atoms with Crippen molar-refractivity contribution in [3.8, 4) is 11.5 Å². The second kappa shape index (κ2) is 10.6. The molecule has 1 aromatic heterocycles. The second-order valence-corrected chi connectivity index (χ2v) is 9.48. The highest BCUT2D eigenvalue weighted by Gasteiger charge is 2.64. The van der Waals surface area contributed by atoms with Crippen molar-refractivity contribution in [1.29, 1.82) is 0 Å². The Kier molecular flexibility index (Phi) is 7.35. The average Bonchev–Trinajstić information content (AvgIpc) is 3.32. The Morgan fingerprint density at radius 3 is 1.78 bits per heavy atom. The van der Waals surface area contributed by atoms with E-state index in [1.165, 1.54) is 16.2 Å². The van der Waals surface area contributed by atoms with Crippen molar-refractivity contribution >= 4 is 35.2 Å². The number of hydrogen-bond acceptors (Lipinski definition) is 6. The molecule has 1 saturated carbocycles. The summed E-state index contributed by atoms with van der Waals surface area (Å²) in [5, 5.41) is 30.5. The number of hydrogen-bond donors (Lipinski definition) is 3. The zero-order valence-electron chi connectivity index (χ0n) is 18.9. The van der Waals surface area contributed by atoms with Gasteiger partial charge in [-0.2, -0.15) is 0 Å². The van der Waals surface area contributed by atoms with Crippen LogP contribution in [0.2, 0.25) is 0 Å². The lowest BCUT2D eigenvalue weighted by Crippen LogP contribution is -2.62. The Hall–Kier alpha value is -4.18. The quantitative estimate of drug-likeness (QED) is 0.375.